The summed E-state index contributed by atoms with van der Waals surface area (Å²) in [6.07, 6.45) is 0. The van der Waals surface area contributed by atoms with Gasteiger partial charge in [-0.25, -0.2) is 9.78 Å². The summed E-state index contributed by atoms with van der Waals surface area (Å²) in [4.78, 5) is 16.3. The fourth-order valence-electron chi connectivity index (χ4n) is 1.36. The van der Waals surface area contributed by atoms with Gasteiger partial charge in [-0.3, -0.25) is 0 Å². The van der Waals surface area contributed by atoms with Crippen molar-refractivity contribution in [2.75, 3.05) is 0 Å². The van der Waals surface area contributed by atoms with E-state index < -0.39 is 5.97 Å². The lowest BCUT2D eigenvalue weighted by Gasteiger charge is -2.01. The van der Waals surface area contributed by atoms with Gasteiger partial charge in [-0.1, -0.05) is 11.8 Å². The van der Waals surface area contributed by atoms with Gasteiger partial charge in [0.1, 0.15) is 4.88 Å². The molecule has 1 aromatic carbocycles. The van der Waals surface area contributed by atoms with E-state index in [0.717, 1.165) is 20.7 Å². The van der Waals surface area contributed by atoms with E-state index in [-0.39, 0.29) is 4.88 Å². The number of hydrogen-bond donors (Lipinski definition) is 1. The molecule has 96 valence electrons. The minimum absolute atomic E-state index is 0.257. The lowest BCUT2D eigenvalue weighted by molar-refractivity contribution is 0.0701. The lowest BCUT2D eigenvalue weighted by atomic mass is 10.2. The first kappa shape index (κ1) is 14.1. The molecule has 0 saturated heterocycles. The first-order valence-electron chi connectivity index (χ1n) is 5.09. The molecule has 7 heteroatoms. The Kier molecular flexibility index (Phi) is 4.24. The molecule has 0 aliphatic carbocycles. The maximum atomic E-state index is 11.0. The van der Waals surface area contributed by atoms with Gasteiger partial charge in [0.15, 0.2) is 4.34 Å². The summed E-state index contributed by atoms with van der Waals surface area (Å²) in [6, 6.07) is 7.30. The summed E-state index contributed by atoms with van der Waals surface area (Å²) in [7, 11) is 0. The number of nitriles is 1. The monoisotopic (exact) mass is 354 g/mol. The van der Waals surface area contributed by atoms with Crippen molar-refractivity contribution in [1.82, 2.24) is 4.98 Å². The third-order valence-electron chi connectivity index (χ3n) is 2.23. The number of carboxylic acid groups (broad SMARTS) is 1. The van der Waals surface area contributed by atoms with Crippen LogP contribution in [0.5, 0.6) is 0 Å². The van der Waals surface area contributed by atoms with E-state index in [1.165, 1.54) is 11.8 Å². The fourth-order valence-corrected chi connectivity index (χ4v) is 3.97. The van der Waals surface area contributed by atoms with Gasteiger partial charge in [-0.15, -0.1) is 11.3 Å². The van der Waals surface area contributed by atoms with E-state index in [9.17, 15) is 4.79 Å². The maximum Gasteiger partial charge on any atom is 0.347 e. The van der Waals surface area contributed by atoms with Crippen LogP contribution in [0.1, 0.15) is 20.9 Å². The standard InChI is InChI=1S/C12H7BrN2O2S2/c1-6-10(11(16)17)19-12(15-6)18-9-3-2-7(5-14)4-8(9)13/h2-4H,1H3,(H,16,17). The number of hydrogen-bond acceptors (Lipinski definition) is 5. The van der Waals surface area contributed by atoms with Crippen molar-refractivity contribution >= 4 is 45.0 Å². The molecule has 0 bridgehead atoms. The van der Waals surface area contributed by atoms with Gasteiger partial charge in [0.05, 0.1) is 17.3 Å². The zero-order valence-electron chi connectivity index (χ0n) is 9.68. The number of aromatic carboxylic acids is 1. The smallest absolute Gasteiger partial charge is 0.347 e. The van der Waals surface area contributed by atoms with Crippen LogP contribution in [-0.4, -0.2) is 16.1 Å². The first-order chi connectivity index (χ1) is 9.01. The average Bonchev–Trinajstić information content (AvgIpc) is 2.73. The zero-order chi connectivity index (χ0) is 14.0. The summed E-state index contributed by atoms with van der Waals surface area (Å²) in [5.74, 6) is -0.958. The Morgan fingerprint density at radius 1 is 1.58 bits per heavy atom. The predicted molar refractivity (Wildman–Crippen MR) is 76.8 cm³/mol. The molecule has 2 aromatic rings. The Bertz CT molecular complexity index is 692. The minimum Gasteiger partial charge on any atom is -0.477 e. The molecule has 0 atom stereocenters. The van der Waals surface area contributed by atoms with Crippen LogP contribution >= 0.6 is 39.0 Å². The minimum atomic E-state index is -0.958. The van der Waals surface area contributed by atoms with Crippen LogP contribution in [0.2, 0.25) is 0 Å². The zero-order valence-corrected chi connectivity index (χ0v) is 12.9. The lowest BCUT2D eigenvalue weighted by Crippen LogP contribution is -1.94. The number of aromatic nitrogens is 1. The molecule has 0 saturated carbocycles. The average molecular weight is 355 g/mol. The Morgan fingerprint density at radius 2 is 2.32 bits per heavy atom. The Balaban J connectivity index is 2.29. The molecule has 0 radical (unpaired) electrons. The summed E-state index contributed by atoms with van der Waals surface area (Å²) in [5, 5.41) is 17.8. The fraction of sp³-hybridized carbons (Fsp3) is 0.0833. The maximum absolute atomic E-state index is 11.0. The summed E-state index contributed by atoms with van der Waals surface area (Å²) in [5.41, 5.74) is 1.09. The van der Waals surface area contributed by atoms with Crippen molar-refractivity contribution in [2.24, 2.45) is 0 Å². The number of aryl methyl sites for hydroxylation is 1. The molecule has 2 rings (SSSR count). The third kappa shape index (κ3) is 3.15. The summed E-state index contributed by atoms with van der Waals surface area (Å²) < 4.78 is 1.46. The summed E-state index contributed by atoms with van der Waals surface area (Å²) in [6.45, 7) is 1.68. The highest BCUT2D eigenvalue weighted by atomic mass is 79.9. The van der Waals surface area contributed by atoms with Crippen molar-refractivity contribution in [2.45, 2.75) is 16.2 Å². The number of nitrogens with zero attached hydrogens (tertiary/aromatic N) is 2. The second kappa shape index (κ2) is 5.74. The number of carbonyl (C=O) groups is 1. The second-order valence-corrected chi connectivity index (χ2v) is 6.70. The molecule has 0 unspecified atom stereocenters. The molecule has 0 amide bonds. The van der Waals surface area contributed by atoms with Gasteiger partial charge >= 0.3 is 5.97 Å². The molecular weight excluding hydrogens is 348 g/mol. The van der Waals surface area contributed by atoms with Crippen molar-refractivity contribution in [1.29, 1.82) is 5.26 Å². The van der Waals surface area contributed by atoms with Crippen LogP contribution in [0.25, 0.3) is 0 Å². The first-order valence-corrected chi connectivity index (χ1v) is 7.52. The number of benzene rings is 1. The topological polar surface area (TPSA) is 74.0 Å². The highest BCUT2D eigenvalue weighted by Crippen LogP contribution is 2.37. The van der Waals surface area contributed by atoms with Crippen LogP contribution in [0.4, 0.5) is 0 Å². The van der Waals surface area contributed by atoms with Gasteiger partial charge in [0.2, 0.25) is 0 Å². The highest BCUT2D eigenvalue weighted by Gasteiger charge is 2.15. The molecular formula is C12H7BrN2O2S2. The number of carboxylic acids is 1. The van der Waals surface area contributed by atoms with Gasteiger partial charge in [-0.2, -0.15) is 5.26 Å². The van der Waals surface area contributed by atoms with Crippen LogP contribution in [-0.2, 0) is 0 Å². The Labute approximate surface area is 126 Å². The van der Waals surface area contributed by atoms with Gasteiger partial charge < -0.3 is 5.11 Å². The molecule has 1 aromatic heterocycles. The molecule has 1 N–H and O–H groups in total. The largest absolute Gasteiger partial charge is 0.477 e. The van der Waals surface area contributed by atoms with Crippen LogP contribution in [0.3, 0.4) is 0 Å². The Hall–Kier alpha value is -1.36. The van der Waals surface area contributed by atoms with E-state index in [4.69, 9.17) is 10.4 Å². The van der Waals surface area contributed by atoms with Crippen LogP contribution < -0.4 is 0 Å². The molecule has 4 nitrogen and oxygen atoms in total. The van der Waals surface area contributed by atoms with Crippen molar-refractivity contribution < 1.29 is 9.90 Å². The summed E-state index contributed by atoms with van der Waals surface area (Å²) >= 11 is 5.91. The van der Waals surface area contributed by atoms with Gasteiger partial charge in [0, 0.05) is 9.37 Å². The number of rotatable bonds is 3. The van der Waals surface area contributed by atoms with Crippen molar-refractivity contribution in [3.8, 4) is 6.07 Å². The van der Waals surface area contributed by atoms with Gasteiger partial charge in [-0.05, 0) is 41.1 Å². The number of thiazole rings is 1. The Morgan fingerprint density at radius 3 is 2.84 bits per heavy atom. The molecule has 0 fully saturated rings. The van der Waals surface area contributed by atoms with E-state index in [1.807, 2.05) is 6.07 Å². The van der Waals surface area contributed by atoms with Crippen molar-refractivity contribution in [3.63, 3.8) is 0 Å². The molecule has 0 spiro atoms. The molecule has 0 aliphatic heterocycles. The van der Waals surface area contributed by atoms with Gasteiger partial charge in [0.25, 0.3) is 0 Å². The second-order valence-electron chi connectivity index (χ2n) is 3.56. The van der Waals surface area contributed by atoms with E-state index in [2.05, 4.69) is 27.0 Å². The van der Waals surface area contributed by atoms with E-state index in [1.54, 1.807) is 19.1 Å². The molecule has 0 aliphatic rings. The van der Waals surface area contributed by atoms with Crippen LogP contribution in [0.15, 0.2) is 31.9 Å². The quantitative estimate of drug-likeness (QED) is 0.903. The van der Waals surface area contributed by atoms with Crippen LogP contribution in [0, 0.1) is 18.3 Å². The molecule has 1 heterocycles. The van der Waals surface area contributed by atoms with Crippen molar-refractivity contribution in [3.05, 3.63) is 38.8 Å². The normalized spacial score (nSPS) is 10.2. The van der Waals surface area contributed by atoms with E-state index in [0.29, 0.717) is 15.6 Å². The SMILES string of the molecule is Cc1nc(Sc2ccc(C#N)cc2Br)sc1C(=O)O. The van der Waals surface area contributed by atoms with E-state index >= 15 is 0 Å². The third-order valence-corrected chi connectivity index (χ3v) is 5.43. The predicted octanol–water partition coefficient (Wildman–Crippen LogP) is 3.94. The number of halogens is 1. The molecule has 19 heavy (non-hydrogen) atoms. The highest BCUT2D eigenvalue weighted by molar-refractivity contribution is 9.10.